The summed E-state index contributed by atoms with van der Waals surface area (Å²) in [6.45, 7) is 15.3. The van der Waals surface area contributed by atoms with E-state index in [9.17, 15) is 4.79 Å². The average molecular weight is 561 g/mol. The van der Waals surface area contributed by atoms with Crippen LogP contribution < -0.4 is 0 Å². The highest BCUT2D eigenvalue weighted by molar-refractivity contribution is 5.87. The van der Waals surface area contributed by atoms with E-state index in [1.165, 1.54) is 51.4 Å². The molecule has 4 bridgehead atoms. The van der Waals surface area contributed by atoms with E-state index in [0.29, 0.717) is 22.3 Å². The smallest absolute Gasteiger partial charge is 0.333 e. The van der Waals surface area contributed by atoms with Crippen LogP contribution in [0.2, 0.25) is 0 Å². The molecule has 0 N–H and O–H groups in total. The molecule has 6 aliphatic rings. The number of hydrogen-bond donors (Lipinski definition) is 0. The Kier molecular flexibility index (Phi) is 9.41. The summed E-state index contributed by atoms with van der Waals surface area (Å²) in [4.78, 5) is 12.8. The van der Waals surface area contributed by atoms with Crippen LogP contribution in [0.1, 0.15) is 124 Å². The van der Waals surface area contributed by atoms with Crippen molar-refractivity contribution >= 4 is 5.97 Å². The third-order valence-electron chi connectivity index (χ3n) is 10.8. The highest BCUT2D eigenvalue weighted by atomic mass is 16.6. The third kappa shape index (κ3) is 6.66. The fourth-order valence-corrected chi connectivity index (χ4v) is 9.08. The quantitative estimate of drug-likeness (QED) is 0.0994. The first-order valence-electron chi connectivity index (χ1n) is 16.5. The molecular weight excluding hydrogens is 504 g/mol. The summed E-state index contributed by atoms with van der Waals surface area (Å²) in [5, 5.41) is 0. The maximum Gasteiger partial charge on any atom is 0.333 e. The molecule has 6 fully saturated rings. The van der Waals surface area contributed by atoms with Gasteiger partial charge < -0.3 is 23.7 Å². The number of carbonyl (C=O) groups excluding carboxylic acids is 1. The second kappa shape index (κ2) is 12.3. The zero-order valence-corrected chi connectivity index (χ0v) is 25.8. The maximum absolute atomic E-state index is 12.8. The van der Waals surface area contributed by atoms with E-state index in [0.717, 1.165) is 91.0 Å². The molecule has 0 spiro atoms. The van der Waals surface area contributed by atoms with Gasteiger partial charge in [-0.3, -0.25) is 0 Å². The van der Waals surface area contributed by atoms with Crippen molar-refractivity contribution in [3.63, 3.8) is 0 Å². The predicted octanol–water partition coefficient (Wildman–Crippen LogP) is 7.33. The number of carbonyl (C=O) groups is 1. The Morgan fingerprint density at radius 3 is 1.55 bits per heavy atom. The van der Waals surface area contributed by atoms with Gasteiger partial charge >= 0.3 is 5.97 Å². The zero-order chi connectivity index (χ0) is 28.3. The lowest BCUT2D eigenvalue weighted by Gasteiger charge is -2.64. The molecule has 6 heteroatoms. The highest BCUT2D eigenvalue weighted by Crippen LogP contribution is 2.63. The number of ether oxygens (including phenoxy) is 5. The number of hydrogen-bond acceptors (Lipinski definition) is 6. The summed E-state index contributed by atoms with van der Waals surface area (Å²) in [6, 6.07) is 0. The molecule has 4 saturated carbocycles. The highest BCUT2D eigenvalue weighted by Gasteiger charge is 2.66. The van der Waals surface area contributed by atoms with E-state index in [4.69, 9.17) is 23.7 Å². The Morgan fingerprint density at radius 1 is 0.725 bits per heavy atom. The van der Waals surface area contributed by atoms with E-state index < -0.39 is 5.60 Å². The van der Waals surface area contributed by atoms with Gasteiger partial charge in [-0.25, -0.2) is 4.79 Å². The first kappa shape index (κ1) is 30.5. The van der Waals surface area contributed by atoms with Gasteiger partial charge in [0.15, 0.2) is 0 Å². The summed E-state index contributed by atoms with van der Waals surface area (Å²) in [6.07, 6.45) is 17.6. The molecule has 4 aliphatic carbocycles. The lowest BCUT2D eigenvalue weighted by Crippen LogP contribution is -2.68. The van der Waals surface area contributed by atoms with Crippen LogP contribution in [0.4, 0.5) is 0 Å². The van der Waals surface area contributed by atoms with Crippen LogP contribution in [-0.4, -0.2) is 62.4 Å². The van der Waals surface area contributed by atoms with Gasteiger partial charge in [0.2, 0.25) is 0 Å². The van der Waals surface area contributed by atoms with Crippen molar-refractivity contribution < 1.29 is 28.5 Å². The lowest BCUT2D eigenvalue weighted by atomic mass is 9.50. The molecule has 2 unspecified atom stereocenters. The Labute approximate surface area is 243 Å². The van der Waals surface area contributed by atoms with E-state index in [2.05, 4.69) is 20.4 Å². The lowest BCUT2D eigenvalue weighted by molar-refractivity contribution is -0.284. The van der Waals surface area contributed by atoms with E-state index in [1.54, 1.807) is 6.92 Å². The van der Waals surface area contributed by atoms with Crippen LogP contribution >= 0.6 is 0 Å². The standard InChI is InChI=1S/C34H56O6/c1-5-7-11-30(23-36-24-30)13-9-15-38-32-17-28-18-33(20-32,22-34(19-28,21-32)40-29(35)27(3)4)39-16-10-14-31(12-8-6-2)25-37-26-31/h28H,3,5-26H2,1-2,4H3. The fourth-order valence-electron chi connectivity index (χ4n) is 9.08. The largest absolute Gasteiger partial charge is 0.455 e. The van der Waals surface area contributed by atoms with Gasteiger partial charge in [-0.05, 0) is 70.6 Å². The molecule has 0 amide bonds. The van der Waals surface area contributed by atoms with E-state index in [-0.39, 0.29) is 17.2 Å². The fraction of sp³-hybridized carbons (Fsp3) is 0.912. The van der Waals surface area contributed by atoms with Crippen molar-refractivity contribution in [2.75, 3.05) is 39.6 Å². The molecule has 40 heavy (non-hydrogen) atoms. The number of unbranched alkanes of at least 4 members (excludes halogenated alkanes) is 2. The van der Waals surface area contributed by atoms with Crippen molar-refractivity contribution in [3.05, 3.63) is 12.2 Å². The monoisotopic (exact) mass is 560 g/mol. The van der Waals surface area contributed by atoms with Crippen LogP contribution in [0.25, 0.3) is 0 Å². The topological polar surface area (TPSA) is 63.2 Å². The van der Waals surface area contributed by atoms with Crippen LogP contribution in [-0.2, 0) is 28.5 Å². The molecule has 0 aromatic rings. The van der Waals surface area contributed by atoms with Gasteiger partial charge in [0, 0.05) is 48.9 Å². The van der Waals surface area contributed by atoms with Crippen LogP contribution in [0, 0.1) is 16.7 Å². The second-order valence-electron chi connectivity index (χ2n) is 14.8. The first-order chi connectivity index (χ1) is 19.2. The van der Waals surface area contributed by atoms with E-state index >= 15 is 0 Å². The van der Waals surface area contributed by atoms with Gasteiger partial charge in [-0.15, -0.1) is 0 Å². The van der Waals surface area contributed by atoms with Crippen molar-refractivity contribution in [2.45, 2.75) is 140 Å². The molecule has 0 aromatic carbocycles. The van der Waals surface area contributed by atoms with E-state index in [1.807, 2.05) is 0 Å². The Morgan fingerprint density at radius 2 is 1.15 bits per heavy atom. The zero-order valence-electron chi connectivity index (χ0n) is 25.8. The maximum atomic E-state index is 12.8. The van der Waals surface area contributed by atoms with Crippen molar-refractivity contribution in [2.24, 2.45) is 16.7 Å². The van der Waals surface area contributed by atoms with Crippen molar-refractivity contribution in [3.8, 4) is 0 Å². The minimum Gasteiger partial charge on any atom is -0.455 e. The summed E-state index contributed by atoms with van der Waals surface area (Å²) in [7, 11) is 0. The Bertz CT molecular complexity index is 839. The molecule has 2 aliphatic heterocycles. The number of rotatable bonds is 18. The SMILES string of the molecule is C=C(C)C(=O)OC12CC3CC(OCCCC4(CCCC)COC4)(CC(OCCCC4(CCCC)COC4)(C3)C1)C2. The summed E-state index contributed by atoms with van der Waals surface area (Å²) in [5.74, 6) is 0.207. The van der Waals surface area contributed by atoms with Gasteiger partial charge in [0.05, 0.1) is 37.6 Å². The molecular formula is C34H56O6. The first-order valence-corrected chi connectivity index (χ1v) is 16.5. The van der Waals surface area contributed by atoms with Gasteiger partial charge in [-0.1, -0.05) is 46.1 Å². The third-order valence-corrected chi connectivity index (χ3v) is 10.8. The Hall–Kier alpha value is -0.950. The molecule has 0 radical (unpaired) electrons. The average Bonchev–Trinajstić information content (AvgIpc) is 2.85. The minimum absolute atomic E-state index is 0.258. The minimum atomic E-state index is -0.496. The molecule has 2 heterocycles. The van der Waals surface area contributed by atoms with Crippen LogP contribution in [0.5, 0.6) is 0 Å². The van der Waals surface area contributed by atoms with Gasteiger partial charge in [0.25, 0.3) is 0 Å². The van der Waals surface area contributed by atoms with Crippen molar-refractivity contribution in [1.82, 2.24) is 0 Å². The molecule has 6 nitrogen and oxygen atoms in total. The normalized spacial score (nSPS) is 34.7. The van der Waals surface area contributed by atoms with Crippen LogP contribution in [0.15, 0.2) is 12.2 Å². The van der Waals surface area contributed by atoms with Crippen LogP contribution in [0.3, 0.4) is 0 Å². The molecule has 2 atom stereocenters. The van der Waals surface area contributed by atoms with Gasteiger partial charge in [-0.2, -0.15) is 0 Å². The molecule has 228 valence electrons. The summed E-state index contributed by atoms with van der Waals surface area (Å²) in [5.41, 5.74) is 0.189. The van der Waals surface area contributed by atoms with Crippen molar-refractivity contribution in [1.29, 1.82) is 0 Å². The predicted molar refractivity (Wildman–Crippen MR) is 156 cm³/mol. The Balaban J connectivity index is 1.21. The number of esters is 1. The summed E-state index contributed by atoms with van der Waals surface area (Å²) < 4.78 is 31.3. The van der Waals surface area contributed by atoms with Gasteiger partial charge in [0.1, 0.15) is 5.60 Å². The molecule has 0 aromatic heterocycles. The molecule has 6 rings (SSSR count). The molecule has 2 saturated heterocycles. The second-order valence-corrected chi connectivity index (χ2v) is 14.8. The summed E-state index contributed by atoms with van der Waals surface area (Å²) >= 11 is 0.